The number of aromatic amines is 1. The van der Waals surface area contributed by atoms with Crippen molar-refractivity contribution in [3.05, 3.63) is 47.5 Å². The molecule has 0 unspecified atom stereocenters. The molecule has 0 spiro atoms. The Bertz CT molecular complexity index is 884. The summed E-state index contributed by atoms with van der Waals surface area (Å²) in [5.74, 6) is 0.745. The molecule has 0 bridgehead atoms. The Balaban J connectivity index is 2.08. The topological polar surface area (TPSA) is 62.8 Å². The van der Waals surface area contributed by atoms with Gasteiger partial charge in [-0.15, -0.1) is 0 Å². The summed E-state index contributed by atoms with van der Waals surface area (Å²) in [6.07, 6.45) is 1.20. The molecule has 1 N–H and O–H groups in total. The van der Waals surface area contributed by atoms with Gasteiger partial charge in [-0.25, -0.2) is 13.4 Å². The number of hydrogen-bond donors (Lipinski definition) is 1. The van der Waals surface area contributed by atoms with Crippen molar-refractivity contribution in [2.75, 3.05) is 6.26 Å². The molecule has 0 aliphatic heterocycles. The van der Waals surface area contributed by atoms with Crippen LogP contribution in [0.2, 0.25) is 0 Å². The summed E-state index contributed by atoms with van der Waals surface area (Å²) in [4.78, 5) is 8.16. The first-order valence-electron chi connectivity index (χ1n) is 6.62. The van der Waals surface area contributed by atoms with Crippen LogP contribution in [-0.4, -0.2) is 24.6 Å². The zero-order chi connectivity index (χ0) is 15.2. The number of nitrogens with zero attached hydrogens (tertiary/aromatic N) is 1. The van der Waals surface area contributed by atoms with Gasteiger partial charge in [-0.3, -0.25) is 0 Å². The van der Waals surface area contributed by atoms with Crippen molar-refractivity contribution in [3.63, 3.8) is 0 Å². The maximum atomic E-state index is 11.5. The lowest BCUT2D eigenvalue weighted by Crippen LogP contribution is -1.96. The van der Waals surface area contributed by atoms with E-state index in [1.165, 1.54) is 17.4 Å². The van der Waals surface area contributed by atoms with Crippen LogP contribution >= 0.6 is 0 Å². The molecule has 4 nitrogen and oxygen atoms in total. The molecule has 0 saturated heterocycles. The van der Waals surface area contributed by atoms with Gasteiger partial charge >= 0.3 is 0 Å². The number of nitrogens with one attached hydrogen (secondary N) is 1. The zero-order valence-electron chi connectivity index (χ0n) is 12.1. The summed E-state index contributed by atoms with van der Waals surface area (Å²) in [5.41, 5.74) is 5.19. The Labute approximate surface area is 123 Å². The number of aryl methyl sites for hydroxylation is 2. The number of sulfone groups is 1. The third-order valence-electron chi connectivity index (χ3n) is 3.65. The molecular weight excluding hydrogens is 284 g/mol. The average Bonchev–Trinajstić information content (AvgIpc) is 2.81. The standard InChI is InChI=1S/C16H16N2O2S/c1-10-8-14-15(9-11(10)2)18-16(17-14)12-4-6-13(7-5-12)21(3,19)20/h4-9H,1-3H3,(H,17,18). The second kappa shape index (κ2) is 4.70. The predicted molar refractivity (Wildman–Crippen MR) is 84.1 cm³/mol. The van der Waals surface area contributed by atoms with E-state index in [-0.39, 0.29) is 0 Å². The van der Waals surface area contributed by atoms with Crippen LogP contribution in [0.4, 0.5) is 0 Å². The maximum absolute atomic E-state index is 11.5. The number of benzene rings is 2. The van der Waals surface area contributed by atoms with Crippen molar-refractivity contribution in [3.8, 4) is 11.4 Å². The Morgan fingerprint density at radius 1 is 1.00 bits per heavy atom. The van der Waals surface area contributed by atoms with E-state index in [4.69, 9.17) is 0 Å². The summed E-state index contributed by atoms with van der Waals surface area (Å²) >= 11 is 0. The third-order valence-corrected chi connectivity index (χ3v) is 4.78. The summed E-state index contributed by atoms with van der Waals surface area (Å²) in [7, 11) is -3.17. The lowest BCUT2D eigenvalue weighted by Gasteiger charge is -2.00. The minimum absolute atomic E-state index is 0.314. The molecule has 0 aliphatic carbocycles. The Morgan fingerprint density at radius 3 is 2.24 bits per heavy atom. The van der Waals surface area contributed by atoms with E-state index in [0.29, 0.717) is 4.90 Å². The van der Waals surface area contributed by atoms with Gasteiger partial charge in [0.1, 0.15) is 5.82 Å². The smallest absolute Gasteiger partial charge is 0.175 e. The first kappa shape index (κ1) is 13.8. The minimum atomic E-state index is -3.17. The van der Waals surface area contributed by atoms with Crippen molar-refractivity contribution in [1.82, 2.24) is 9.97 Å². The van der Waals surface area contributed by atoms with Gasteiger partial charge in [-0.05, 0) is 61.4 Å². The fraction of sp³-hybridized carbons (Fsp3) is 0.188. The van der Waals surface area contributed by atoms with Gasteiger partial charge in [-0.2, -0.15) is 0 Å². The zero-order valence-corrected chi connectivity index (χ0v) is 13.0. The number of fused-ring (bicyclic) bond motifs is 1. The molecule has 0 fully saturated rings. The van der Waals surface area contributed by atoms with Crippen LogP contribution in [0, 0.1) is 13.8 Å². The van der Waals surface area contributed by atoms with Crippen molar-refractivity contribution in [1.29, 1.82) is 0 Å². The number of rotatable bonds is 2. The molecule has 1 heterocycles. The van der Waals surface area contributed by atoms with Crippen LogP contribution in [0.25, 0.3) is 22.4 Å². The van der Waals surface area contributed by atoms with Gasteiger partial charge in [0.25, 0.3) is 0 Å². The van der Waals surface area contributed by atoms with Gasteiger partial charge in [0.05, 0.1) is 15.9 Å². The van der Waals surface area contributed by atoms with Crippen molar-refractivity contribution in [2.45, 2.75) is 18.7 Å². The van der Waals surface area contributed by atoms with E-state index in [2.05, 4.69) is 35.9 Å². The quantitative estimate of drug-likeness (QED) is 0.790. The lowest BCUT2D eigenvalue weighted by molar-refractivity contribution is 0.602. The van der Waals surface area contributed by atoms with Crippen LogP contribution < -0.4 is 0 Å². The Kier molecular flexibility index (Phi) is 3.10. The molecule has 2 aromatic carbocycles. The van der Waals surface area contributed by atoms with Gasteiger partial charge in [-0.1, -0.05) is 0 Å². The molecule has 5 heteroatoms. The van der Waals surface area contributed by atoms with E-state index < -0.39 is 9.84 Å². The van der Waals surface area contributed by atoms with Crippen LogP contribution in [0.1, 0.15) is 11.1 Å². The van der Waals surface area contributed by atoms with Crippen molar-refractivity contribution in [2.24, 2.45) is 0 Å². The van der Waals surface area contributed by atoms with E-state index in [9.17, 15) is 8.42 Å². The molecule has 0 radical (unpaired) electrons. The highest BCUT2D eigenvalue weighted by molar-refractivity contribution is 7.90. The van der Waals surface area contributed by atoms with E-state index in [1.807, 2.05) is 0 Å². The Morgan fingerprint density at radius 2 is 1.62 bits per heavy atom. The second-order valence-corrected chi connectivity index (χ2v) is 7.35. The summed E-state index contributed by atoms with van der Waals surface area (Å²) in [6, 6.07) is 10.9. The molecule has 1 aromatic heterocycles. The number of imidazole rings is 1. The molecule has 108 valence electrons. The second-order valence-electron chi connectivity index (χ2n) is 5.34. The first-order valence-corrected chi connectivity index (χ1v) is 8.51. The molecule has 3 rings (SSSR count). The predicted octanol–water partition coefficient (Wildman–Crippen LogP) is 3.25. The molecule has 0 atom stereocenters. The van der Waals surface area contributed by atoms with E-state index in [0.717, 1.165) is 22.4 Å². The first-order chi connectivity index (χ1) is 9.84. The number of hydrogen-bond acceptors (Lipinski definition) is 3. The summed E-state index contributed by atoms with van der Waals surface area (Å²) < 4.78 is 22.9. The number of aromatic nitrogens is 2. The van der Waals surface area contributed by atoms with Crippen LogP contribution in [0.15, 0.2) is 41.3 Å². The van der Waals surface area contributed by atoms with Gasteiger partial charge < -0.3 is 4.98 Å². The SMILES string of the molecule is Cc1cc2nc(-c3ccc(S(C)(=O)=O)cc3)[nH]c2cc1C. The fourth-order valence-electron chi connectivity index (χ4n) is 2.27. The fourth-order valence-corrected chi connectivity index (χ4v) is 2.90. The van der Waals surface area contributed by atoms with Crippen LogP contribution in [-0.2, 0) is 9.84 Å². The van der Waals surface area contributed by atoms with E-state index >= 15 is 0 Å². The van der Waals surface area contributed by atoms with Crippen LogP contribution in [0.3, 0.4) is 0 Å². The maximum Gasteiger partial charge on any atom is 0.175 e. The average molecular weight is 300 g/mol. The van der Waals surface area contributed by atoms with Gasteiger partial charge in [0.15, 0.2) is 9.84 Å². The largest absolute Gasteiger partial charge is 0.338 e. The molecular formula is C16H16N2O2S. The normalized spacial score (nSPS) is 12.0. The van der Waals surface area contributed by atoms with Gasteiger partial charge in [0.2, 0.25) is 0 Å². The molecule has 0 saturated carbocycles. The van der Waals surface area contributed by atoms with E-state index in [1.54, 1.807) is 24.3 Å². The monoisotopic (exact) mass is 300 g/mol. The molecule has 3 aromatic rings. The van der Waals surface area contributed by atoms with Gasteiger partial charge in [0, 0.05) is 11.8 Å². The molecule has 21 heavy (non-hydrogen) atoms. The van der Waals surface area contributed by atoms with Crippen LogP contribution in [0.5, 0.6) is 0 Å². The van der Waals surface area contributed by atoms with Crippen molar-refractivity contribution >= 4 is 20.9 Å². The van der Waals surface area contributed by atoms with Crippen molar-refractivity contribution < 1.29 is 8.42 Å². The highest BCUT2D eigenvalue weighted by Crippen LogP contribution is 2.24. The summed E-state index contributed by atoms with van der Waals surface area (Å²) in [5, 5.41) is 0. The molecule has 0 amide bonds. The molecule has 0 aliphatic rings. The lowest BCUT2D eigenvalue weighted by atomic mass is 10.1. The third kappa shape index (κ3) is 2.56. The minimum Gasteiger partial charge on any atom is -0.338 e. The number of H-pyrrole nitrogens is 1. The Hall–Kier alpha value is -2.14. The summed E-state index contributed by atoms with van der Waals surface area (Å²) in [6.45, 7) is 4.13. The highest BCUT2D eigenvalue weighted by Gasteiger charge is 2.10. The highest BCUT2D eigenvalue weighted by atomic mass is 32.2.